The van der Waals surface area contributed by atoms with Crippen molar-refractivity contribution < 1.29 is 28.8 Å². The molecule has 0 aliphatic rings. The fourth-order valence-electron chi connectivity index (χ4n) is 10.9. The van der Waals surface area contributed by atoms with Gasteiger partial charge in [-0.2, -0.15) is 15.3 Å². The number of nitrogens with two attached hydrogens (primary N) is 3. The first kappa shape index (κ1) is 65.1. The number of nitrogens with zero attached hydrogens (tertiary/aromatic N) is 6. The van der Waals surface area contributed by atoms with Gasteiger partial charge in [-0.1, -0.05) is 91.0 Å². The first-order chi connectivity index (χ1) is 44.2. The van der Waals surface area contributed by atoms with Crippen molar-refractivity contribution in [3.05, 3.63) is 233 Å². The van der Waals surface area contributed by atoms with Crippen molar-refractivity contribution >= 4 is 52.5 Å². The molecule has 6 amide bonds. The van der Waals surface area contributed by atoms with Crippen molar-refractivity contribution in [2.24, 2.45) is 17.2 Å². The molecule has 0 aliphatic carbocycles. The van der Waals surface area contributed by atoms with Gasteiger partial charge >= 0.3 is 0 Å². The van der Waals surface area contributed by atoms with Crippen molar-refractivity contribution in [2.45, 2.75) is 103 Å². The van der Waals surface area contributed by atoms with Crippen LogP contribution in [0.5, 0.6) is 0 Å². The van der Waals surface area contributed by atoms with Crippen LogP contribution in [0.1, 0.15) is 129 Å². The van der Waals surface area contributed by atoms with Crippen LogP contribution >= 0.6 is 0 Å². The summed E-state index contributed by atoms with van der Waals surface area (Å²) in [6.07, 6.45) is 9.35. The maximum atomic E-state index is 14.1. The van der Waals surface area contributed by atoms with E-state index < -0.39 is 59.5 Å². The van der Waals surface area contributed by atoms with Crippen LogP contribution in [0.25, 0.3) is 17.1 Å². The van der Waals surface area contributed by atoms with Crippen molar-refractivity contribution in [1.29, 1.82) is 0 Å². The Bertz CT molecular complexity index is 3490. The minimum Gasteiger partial charge on any atom is -0.340 e. The van der Waals surface area contributed by atoms with E-state index in [1.807, 2.05) is 127 Å². The topological polar surface area (TPSA) is 306 Å². The molecule has 6 aromatic carbocycles. The Morgan fingerprint density at radius 1 is 0.363 bits per heavy atom. The quantitative estimate of drug-likeness (QED) is 0.0151. The van der Waals surface area contributed by atoms with Crippen LogP contribution in [-0.4, -0.2) is 103 Å². The zero-order valence-corrected chi connectivity index (χ0v) is 51.5. The van der Waals surface area contributed by atoms with E-state index in [0.29, 0.717) is 128 Å². The number of amides is 6. The summed E-state index contributed by atoms with van der Waals surface area (Å²) in [4.78, 5) is 83.9. The first-order valence-corrected chi connectivity index (χ1v) is 30.8. The second kappa shape index (κ2) is 31.7. The Morgan fingerprint density at radius 3 is 0.857 bits per heavy atom. The molecule has 21 heteroatoms. The number of hydrogen-bond acceptors (Lipinski definition) is 12. The molecule has 12 N–H and O–H groups in total. The lowest BCUT2D eigenvalue weighted by molar-refractivity contribution is -0.118. The van der Waals surface area contributed by atoms with Crippen molar-refractivity contribution in [2.75, 3.05) is 35.6 Å². The fraction of sp³-hybridized carbons (Fsp3) is 0.271. The van der Waals surface area contributed by atoms with Crippen molar-refractivity contribution in [3.8, 4) is 17.1 Å². The van der Waals surface area contributed by atoms with E-state index in [2.05, 4.69) is 47.2 Å². The monoisotopic (exact) mass is 1230 g/mol. The lowest BCUT2D eigenvalue weighted by atomic mass is 9.85. The zero-order chi connectivity index (χ0) is 64.2. The van der Waals surface area contributed by atoms with Crippen LogP contribution in [0.15, 0.2) is 182 Å². The molecule has 9 aromatic rings. The van der Waals surface area contributed by atoms with Crippen LogP contribution in [0, 0.1) is 20.8 Å². The largest absolute Gasteiger partial charge is 0.340 e. The third kappa shape index (κ3) is 16.7. The molecular formula is C70H79N15O6. The maximum Gasteiger partial charge on any atom is 0.255 e. The SMILES string of the molecule is Cc1c(C(=O)N[C@H](CCCCN)C(=O)Nc2ccc(C(c3ccc(NC(=O)[C@@H](CCCCN)NC(=O)c4cnn(-c5ccccc5)c4C)cc3)c3ccc(NC(=O)[C@@H](CCCCN)NC(=O)c4cnn(-c5ccccc5)c4C)cc3)cc2)cnn1-c1ccccc1. The van der Waals surface area contributed by atoms with Crippen LogP contribution < -0.4 is 49.1 Å². The van der Waals surface area contributed by atoms with E-state index in [0.717, 1.165) is 33.8 Å². The highest BCUT2D eigenvalue weighted by molar-refractivity contribution is 6.03. The number of benzene rings is 6. The van der Waals surface area contributed by atoms with Crippen molar-refractivity contribution in [3.63, 3.8) is 0 Å². The minimum atomic E-state index is -0.887. The van der Waals surface area contributed by atoms with E-state index in [9.17, 15) is 28.8 Å². The van der Waals surface area contributed by atoms with E-state index in [1.54, 1.807) is 71.2 Å². The Kier molecular flexibility index (Phi) is 22.7. The van der Waals surface area contributed by atoms with Gasteiger partial charge in [-0.05, 0) is 188 Å². The molecule has 3 aromatic heterocycles. The van der Waals surface area contributed by atoms with Gasteiger partial charge in [0.2, 0.25) is 17.7 Å². The van der Waals surface area contributed by atoms with E-state index in [-0.39, 0.29) is 0 Å². The van der Waals surface area contributed by atoms with Gasteiger partial charge in [0.1, 0.15) is 18.1 Å². The number of nitrogens with one attached hydrogen (secondary N) is 6. The standard InChI is InChI=1S/C70H79N15O6/c1-46-58(43-74-83(46)55-19-7-4-8-20-55)65(86)80-61(25-13-16-40-71)68(89)77-52-34-28-49(29-35-52)64(50-30-36-53(37-31-50)78-69(90)62(26-14-17-41-72)81-66(87)59-44-75-84(47(59)2)56-21-9-5-10-22-56)51-32-38-54(39-33-51)79-70(91)63(27-15-18-42-73)82-67(88)60-45-76-85(48(60)3)57-23-11-6-12-24-57/h4-12,19-24,28-39,43-45,61-64H,13-18,25-27,40-42,71-73H2,1-3H3,(H,77,89)(H,78,90)(H,79,91)(H,80,86)(H,81,87)(H,82,88)/t61-,62-,63-/m1/s1. The molecule has 21 nitrogen and oxygen atoms in total. The van der Waals surface area contributed by atoms with E-state index in [4.69, 9.17) is 17.2 Å². The third-order valence-corrected chi connectivity index (χ3v) is 16.0. The van der Waals surface area contributed by atoms with E-state index >= 15 is 0 Å². The van der Waals surface area contributed by atoms with Gasteiger partial charge < -0.3 is 49.1 Å². The van der Waals surface area contributed by atoms with Gasteiger partial charge in [-0.15, -0.1) is 0 Å². The Labute approximate surface area is 529 Å². The van der Waals surface area contributed by atoms with Gasteiger partial charge in [-0.3, -0.25) is 28.8 Å². The summed E-state index contributed by atoms with van der Waals surface area (Å²) >= 11 is 0. The molecule has 3 heterocycles. The van der Waals surface area contributed by atoms with Crippen LogP contribution in [0.2, 0.25) is 0 Å². The number of carbonyl (C=O) groups is 6. The molecule has 3 atom stereocenters. The normalized spacial score (nSPS) is 12.2. The predicted molar refractivity (Wildman–Crippen MR) is 354 cm³/mol. The summed E-state index contributed by atoms with van der Waals surface area (Å²) in [5.41, 5.74) is 26.9. The average molecular weight is 1230 g/mol. The van der Waals surface area contributed by atoms with Crippen LogP contribution in [0.3, 0.4) is 0 Å². The Balaban J connectivity index is 0.949. The number of aromatic nitrogens is 6. The fourth-order valence-corrected chi connectivity index (χ4v) is 10.9. The highest BCUT2D eigenvalue weighted by atomic mass is 16.2. The Morgan fingerprint density at radius 2 is 0.615 bits per heavy atom. The molecule has 470 valence electrons. The summed E-state index contributed by atoms with van der Waals surface area (Å²) in [6.45, 7) is 6.72. The smallest absolute Gasteiger partial charge is 0.255 e. The molecule has 91 heavy (non-hydrogen) atoms. The molecule has 9 rings (SSSR count). The predicted octanol–water partition coefficient (Wildman–Crippen LogP) is 8.95. The second-order valence-electron chi connectivity index (χ2n) is 22.4. The second-order valence-corrected chi connectivity index (χ2v) is 22.4. The number of rotatable bonds is 30. The van der Waals surface area contributed by atoms with Gasteiger partial charge in [0.15, 0.2) is 0 Å². The van der Waals surface area contributed by atoms with E-state index in [1.165, 1.54) is 18.6 Å². The summed E-state index contributed by atoms with van der Waals surface area (Å²) < 4.78 is 5.05. The van der Waals surface area contributed by atoms with Crippen LogP contribution in [-0.2, 0) is 14.4 Å². The third-order valence-electron chi connectivity index (χ3n) is 16.0. The summed E-state index contributed by atoms with van der Waals surface area (Å²) in [7, 11) is 0. The number of anilines is 3. The molecule has 0 fully saturated rings. The lowest BCUT2D eigenvalue weighted by Gasteiger charge is -2.22. The molecule has 0 unspecified atom stereocenters. The number of carbonyl (C=O) groups excluding carboxylic acids is 6. The van der Waals surface area contributed by atoms with Gasteiger partial charge in [0.25, 0.3) is 17.7 Å². The number of para-hydroxylation sites is 3. The highest BCUT2D eigenvalue weighted by Gasteiger charge is 2.28. The lowest BCUT2D eigenvalue weighted by Crippen LogP contribution is -2.44. The first-order valence-electron chi connectivity index (χ1n) is 30.8. The van der Waals surface area contributed by atoms with Crippen molar-refractivity contribution in [1.82, 2.24) is 45.3 Å². The molecule has 0 aliphatic heterocycles. The summed E-state index contributed by atoms with van der Waals surface area (Å²) in [5, 5.41) is 31.3. The number of unbranched alkanes of at least 4 members (excludes halogenated alkanes) is 3. The Hall–Kier alpha value is -10.4. The average Bonchev–Trinajstić information content (AvgIpc) is 2.21. The molecule has 0 bridgehead atoms. The molecule has 0 spiro atoms. The molecule has 0 saturated heterocycles. The van der Waals surface area contributed by atoms with Gasteiger partial charge in [-0.25, -0.2) is 14.0 Å². The summed E-state index contributed by atoms with van der Waals surface area (Å²) in [6, 6.07) is 48.1. The van der Waals surface area contributed by atoms with Crippen LogP contribution in [0.4, 0.5) is 17.1 Å². The van der Waals surface area contributed by atoms with Gasteiger partial charge in [0.05, 0.1) is 69.4 Å². The molecule has 0 saturated carbocycles. The van der Waals surface area contributed by atoms with Gasteiger partial charge in [0, 0.05) is 23.0 Å². The minimum absolute atomic E-state index is 0.346. The summed E-state index contributed by atoms with van der Waals surface area (Å²) in [5.74, 6) is -2.90. The number of hydrogen-bond donors (Lipinski definition) is 9. The maximum absolute atomic E-state index is 14.1. The molecular weight excluding hydrogens is 1150 g/mol. The zero-order valence-electron chi connectivity index (χ0n) is 51.5. The molecule has 0 radical (unpaired) electrons. The highest BCUT2D eigenvalue weighted by Crippen LogP contribution is 2.34.